The van der Waals surface area contributed by atoms with E-state index >= 15 is 0 Å². The van der Waals surface area contributed by atoms with Crippen molar-refractivity contribution in [1.82, 2.24) is 0 Å². The fourth-order valence-electron chi connectivity index (χ4n) is 1.61. The highest BCUT2D eigenvalue weighted by molar-refractivity contribution is 7.92. The number of hydrogen-bond donors (Lipinski definition) is 1. The third-order valence-corrected chi connectivity index (χ3v) is 4.13. The normalized spacial score (nSPS) is 12.0. The van der Waals surface area contributed by atoms with E-state index in [0.717, 1.165) is 12.1 Å². The van der Waals surface area contributed by atoms with E-state index in [1.807, 2.05) is 0 Å². The molecule has 2 aromatic carbocycles. The molecule has 0 saturated heterocycles. The molecule has 0 radical (unpaired) electrons. The van der Waals surface area contributed by atoms with Crippen LogP contribution in [0.15, 0.2) is 53.4 Å². The predicted molar refractivity (Wildman–Crippen MR) is 75.4 cm³/mol. The van der Waals surface area contributed by atoms with Crippen LogP contribution in [0.5, 0.6) is 5.75 Å². The first-order chi connectivity index (χ1) is 10.2. The number of para-hydroxylation sites is 1. The monoisotopic (exact) mass is 351 g/mol. The van der Waals surface area contributed by atoms with Gasteiger partial charge in [-0.1, -0.05) is 23.7 Å². The van der Waals surface area contributed by atoms with Crippen LogP contribution in [0.2, 0.25) is 5.02 Å². The van der Waals surface area contributed by atoms with Crippen molar-refractivity contribution >= 4 is 27.3 Å². The average molecular weight is 352 g/mol. The molecule has 4 nitrogen and oxygen atoms in total. The topological polar surface area (TPSA) is 55.4 Å². The Labute approximate surface area is 129 Å². The Morgan fingerprint density at radius 3 is 2.18 bits per heavy atom. The van der Waals surface area contributed by atoms with Crippen LogP contribution in [0.1, 0.15) is 0 Å². The van der Waals surface area contributed by atoms with E-state index in [1.54, 1.807) is 0 Å². The molecule has 0 amide bonds. The van der Waals surface area contributed by atoms with Gasteiger partial charge in [-0.3, -0.25) is 4.72 Å². The molecule has 2 aromatic rings. The number of nitrogens with one attached hydrogen (secondary N) is 1. The highest BCUT2D eigenvalue weighted by Gasteiger charge is 2.34. The molecule has 118 valence electrons. The van der Waals surface area contributed by atoms with E-state index in [1.165, 1.54) is 36.4 Å². The van der Waals surface area contributed by atoms with Gasteiger partial charge in [0.05, 0.1) is 0 Å². The molecule has 1 N–H and O–H groups in total. The lowest BCUT2D eigenvalue weighted by molar-refractivity contribution is -0.275. The first-order valence-corrected chi connectivity index (χ1v) is 7.67. The van der Waals surface area contributed by atoms with Crippen molar-refractivity contribution in [3.63, 3.8) is 0 Å². The van der Waals surface area contributed by atoms with Gasteiger partial charge in [0.2, 0.25) is 0 Å². The quantitative estimate of drug-likeness (QED) is 0.904. The number of halogens is 4. The van der Waals surface area contributed by atoms with Gasteiger partial charge in [-0.25, -0.2) is 8.42 Å². The van der Waals surface area contributed by atoms with Crippen LogP contribution in [-0.2, 0) is 10.0 Å². The average Bonchev–Trinajstić information content (AvgIpc) is 2.40. The van der Waals surface area contributed by atoms with Crippen molar-refractivity contribution in [2.75, 3.05) is 4.72 Å². The van der Waals surface area contributed by atoms with Gasteiger partial charge in [-0.15, -0.1) is 13.2 Å². The van der Waals surface area contributed by atoms with Crippen molar-refractivity contribution < 1.29 is 26.3 Å². The van der Waals surface area contributed by atoms with E-state index in [4.69, 9.17) is 11.6 Å². The zero-order chi connectivity index (χ0) is 16.4. The highest BCUT2D eigenvalue weighted by Crippen LogP contribution is 2.30. The summed E-state index contributed by atoms with van der Waals surface area (Å²) in [7, 11) is -4.25. The summed E-state index contributed by atoms with van der Waals surface area (Å²) < 4.78 is 67.3. The Kier molecular flexibility index (Phi) is 4.52. The second kappa shape index (κ2) is 6.05. The van der Waals surface area contributed by atoms with Crippen LogP contribution in [0.3, 0.4) is 0 Å². The molecule has 2 rings (SSSR count). The minimum absolute atomic E-state index is 0.159. The zero-order valence-corrected chi connectivity index (χ0v) is 12.3. The summed E-state index contributed by atoms with van der Waals surface area (Å²) in [6, 6.07) is 10.1. The zero-order valence-electron chi connectivity index (χ0n) is 10.8. The molecule has 0 spiro atoms. The van der Waals surface area contributed by atoms with Crippen molar-refractivity contribution in [2.45, 2.75) is 11.3 Å². The number of ether oxygens (including phenoxy) is 1. The maximum atomic E-state index is 12.3. The number of rotatable bonds is 4. The molecular formula is C13H9ClF3NO3S. The predicted octanol–water partition coefficient (Wildman–Crippen LogP) is 4.04. The third kappa shape index (κ3) is 4.28. The molecule has 0 aliphatic carbocycles. The summed E-state index contributed by atoms with van der Waals surface area (Å²) in [6.07, 6.45) is -4.99. The molecule has 0 heterocycles. The number of sulfonamides is 1. The minimum Gasteiger partial charge on any atom is -0.404 e. The van der Waals surface area contributed by atoms with Crippen LogP contribution in [0, 0.1) is 0 Å². The van der Waals surface area contributed by atoms with E-state index in [0.29, 0.717) is 5.02 Å². The summed E-state index contributed by atoms with van der Waals surface area (Å²) >= 11 is 5.68. The molecule has 0 saturated carbocycles. The summed E-state index contributed by atoms with van der Waals surface area (Å²) in [5, 5.41) is 0.392. The number of benzene rings is 2. The molecule has 0 unspecified atom stereocenters. The van der Waals surface area contributed by atoms with Gasteiger partial charge in [0, 0.05) is 10.7 Å². The van der Waals surface area contributed by atoms with Crippen molar-refractivity contribution in [3.05, 3.63) is 53.6 Å². The summed E-state index contributed by atoms with van der Waals surface area (Å²) in [5.41, 5.74) is 0.159. The van der Waals surface area contributed by atoms with E-state index < -0.39 is 27.0 Å². The molecule has 0 fully saturated rings. The van der Waals surface area contributed by atoms with Gasteiger partial charge in [-0.2, -0.15) is 0 Å². The van der Waals surface area contributed by atoms with E-state index in [-0.39, 0.29) is 5.69 Å². The van der Waals surface area contributed by atoms with Gasteiger partial charge in [0.25, 0.3) is 10.0 Å². The first-order valence-electron chi connectivity index (χ1n) is 5.80. The van der Waals surface area contributed by atoms with Crippen LogP contribution in [0.4, 0.5) is 18.9 Å². The largest absolute Gasteiger partial charge is 0.573 e. The van der Waals surface area contributed by atoms with Gasteiger partial charge < -0.3 is 4.74 Å². The number of anilines is 1. The lowest BCUT2D eigenvalue weighted by Crippen LogP contribution is -2.20. The molecule has 22 heavy (non-hydrogen) atoms. The maximum Gasteiger partial charge on any atom is 0.573 e. The molecular weight excluding hydrogens is 343 g/mol. The Balaban J connectivity index is 2.35. The lowest BCUT2D eigenvalue weighted by Gasteiger charge is -2.14. The van der Waals surface area contributed by atoms with E-state index in [2.05, 4.69) is 9.46 Å². The van der Waals surface area contributed by atoms with Crippen molar-refractivity contribution in [2.24, 2.45) is 0 Å². The third-order valence-electron chi connectivity index (χ3n) is 2.46. The molecule has 0 atom stereocenters. The Morgan fingerprint density at radius 2 is 1.59 bits per heavy atom. The number of hydrogen-bond acceptors (Lipinski definition) is 3. The van der Waals surface area contributed by atoms with Crippen LogP contribution in [-0.4, -0.2) is 14.8 Å². The van der Waals surface area contributed by atoms with Gasteiger partial charge >= 0.3 is 6.36 Å². The van der Waals surface area contributed by atoms with Gasteiger partial charge in [0.1, 0.15) is 10.6 Å². The smallest absolute Gasteiger partial charge is 0.404 e. The molecule has 0 aliphatic rings. The van der Waals surface area contributed by atoms with Crippen molar-refractivity contribution in [1.29, 1.82) is 0 Å². The van der Waals surface area contributed by atoms with E-state index in [9.17, 15) is 21.6 Å². The van der Waals surface area contributed by atoms with Crippen LogP contribution >= 0.6 is 11.6 Å². The summed E-state index contributed by atoms with van der Waals surface area (Å²) in [4.78, 5) is -0.623. The molecule has 0 aliphatic heterocycles. The minimum atomic E-state index is -4.99. The maximum absolute atomic E-state index is 12.3. The second-order valence-corrected chi connectivity index (χ2v) is 6.19. The van der Waals surface area contributed by atoms with Crippen molar-refractivity contribution in [3.8, 4) is 5.75 Å². The second-order valence-electron chi connectivity index (χ2n) is 4.11. The summed E-state index contributed by atoms with van der Waals surface area (Å²) in [5.74, 6) is -0.809. The Morgan fingerprint density at radius 1 is 1.00 bits per heavy atom. The fourth-order valence-corrected chi connectivity index (χ4v) is 2.92. The highest BCUT2D eigenvalue weighted by atomic mass is 35.5. The Bertz CT molecular complexity index is 761. The fraction of sp³-hybridized carbons (Fsp3) is 0.0769. The number of alkyl halides is 3. The molecule has 0 aromatic heterocycles. The summed E-state index contributed by atoms with van der Waals surface area (Å²) in [6.45, 7) is 0. The lowest BCUT2D eigenvalue weighted by atomic mass is 10.3. The van der Waals surface area contributed by atoms with Gasteiger partial charge in [0.15, 0.2) is 0 Å². The van der Waals surface area contributed by atoms with Crippen LogP contribution in [0.25, 0.3) is 0 Å². The Hall–Kier alpha value is -1.93. The standard InChI is InChI=1S/C13H9ClF3NO3S/c14-9-5-7-10(8-6-9)18-22(19,20)12-4-2-1-3-11(12)21-13(15,16)17/h1-8,18H. The SMILES string of the molecule is O=S(=O)(Nc1ccc(Cl)cc1)c1ccccc1OC(F)(F)F. The molecule has 0 bridgehead atoms. The van der Waals surface area contributed by atoms with Crippen LogP contribution < -0.4 is 9.46 Å². The first kappa shape index (κ1) is 16.4. The molecule has 9 heteroatoms. The van der Waals surface area contributed by atoms with Gasteiger partial charge in [-0.05, 0) is 36.4 Å².